The van der Waals surface area contributed by atoms with Crippen LogP contribution in [0.1, 0.15) is 44.4 Å². The highest BCUT2D eigenvalue weighted by Crippen LogP contribution is 2.35. The molecular formula is C32H24F2N4O5. The Morgan fingerprint density at radius 2 is 1.74 bits per heavy atom. The number of aldehydes is 1. The maximum Gasteiger partial charge on any atom is 0.316 e. The van der Waals surface area contributed by atoms with Crippen LogP contribution in [0.2, 0.25) is 0 Å². The van der Waals surface area contributed by atoms with Crippen LogP contribution in [-0.4, -0.2) is 36.7 Å². The zero-order chi connectivity index (χ0) is 30.7. The van der Waals surface area contributed by atoms with Gasteiger partial charge in [0.1, 0.15) is 17.2 Å². The Balaban J connectivity index is 1.55. The summed E-state index contributed by atoms with van der Waals surface area (Å²) in [6.45, 7) is 2.65. The number of benzene rings is 4. The Morgan fingerprint density at radius 1 is 0.977 bits per heavy atom. The van der Waals surface area contributed by atoms with Crippen molar-refractivity contribution < 1.29 is 27.6 Å². The van der Waals surface area contributed by atoms with E-state index in [0.717, 1.165) is 18.6 Å². The number of halogens is 2. The minimum Gasteiger partial charge on any atom is -0.436 e. The molecule has 5 rings (SSSR count). The first kappa shape index (κ1) is 28.9. The van der Waals surface area contributed by atoms with Crippen LogP contribution in [0.3, 0.4) is 0 Å². The molecule has 0 atom stereocenters. The van der Waals surface area contributed by atoms with Crippen LogP contribution >= 0.6 is 0 Å². The van der Waals surface area contributed by atoms with E-state index in [9.17, 15) is 28.1 Å². The summed E-state index contributed by atoms with van der Waals surface area (Å²) in [7, 11) is 1.50. The summed E-state index contributed by atoms with van der Waals surface area (Å²) in [5.74, 6) is -2.83. The molecular weight excluding hydrogens is 558 g/mol. The Hall–Kier alpha value is -5.58. The van der Waals surface area contributed by atoms with Crippen molar-refractivity contribution in [2.24, 2.45) is 5.18 Å². The minimum atomic E-state index is -1.07. The van der Waals surface area contributed by atoms with E-state index in [2.05, 4.69) is 15.5 Å². The quantitative estimate of drug-likeness (QED) is 0.143. The van der Waals surface area contributed by atoms with Crippen molar-refractivity contribution in [2.45, 2.75) is 13.3 Å². The fraction of sp³-hybridized carbons (Fsp3) is 0.125. The summed E-state index contributed by atoms with van der Waals surface area (Å²) in [6, 6.07) is 17.1. The number of carbonyl (C=O) groups is 3. The third-order valence-electron chi connectivity index (χ3n) is 6.81. The number of fused-ring (bicyclic) bond motifs is 1. The summed E-state index contributed by atoms with van der Waals surface area (Å²) < 4.78 is 33.7. The van der Waals surface area contributed by atoms with Gasteiger partial charge in [-0.1, -0.05) is 19.1 Å². The highest BCUT2D eigenvalue weighted by atomic mass is 19.1. The molecule has 2 amide bonds. The maximum absolute atomic E-state index is 13.8. The van der Waals surface area contributed by atoms with Crippen molar-refractivity contribution in [1.29, 1.82) is 0 Å². The maximum atomic E-state index is 13.8. The van der Waals surface area contributed by atoms with Crippen molar-refractivity contribution in [3.05, 3.63) is 106 Å². The van der Waals surface area contributed by atoms with Crippen LogP contribution in [0, 0.1) is 16.5 Å². The van der Waals surface area contributed by atoms with Gasteiger partial charge in [-0.05, 0) is 72.1 Å². The predicted octanol–water partition coefficient (Wildman–Crippen LogP) is 7.26. The van der Waals surface area contributed by atoms with Gasteiger partial charge in [-0.2, -0.15) is 0 Å². The van der Waals surface area contributed by atoms with Crippen LogP contribution in [0.25, 0.3) is 33.7 Å². The van der Waals surface area contributed by atoms with Crippen molar-refractivity contribution in [2.75, 3.05) is 23.8 Å². The largest absolute Gasteiger partial charge is 0.436 e. The van der Waals surface area contributed by atoms with E-state index in [1.807, 2.05) is 6.92 Å². The fourth-order valence-electron chi connectivity index (χ4n) is 4.60. The Morgan fingerprint density at radius 3 is 2.44 bits per heavy atom. The number of rotatable bonds is 9. The number of nitroso groups, excluding NO2 is 1. The van der Waals surface area contributed by atoms with Gasteiger partial charge in [-0.3, -0.25) is 14.4 Å². The first-order valence-corrected chi connectivity index (χ1v) is 13.2. The Bertz CT molecular complexity index is 1880. The third-order valence-corrected chi connectivity index (χ3v) is 6.81. The number of hydrogen-bond acceptors (Lipinski definition) is 7. The standard InChI is InChI=1S/C32H24F2N4O5/c1-3-10-35-27-8-7-24(38(2)32(41)25-13-19(30(40)37-42)4-5-20(25)17-39)16-26(27)31-36-28-14-18(6-9-29(28)43-31)21-11-22(33)15-23(34)12-21/h4-9,11-17,35H,3,10H2,1-2H3. The van der Waals surface area contributed by atoms with Gasteiger partial charge in [-0.25, -0.2) is 13.8 Å². The molecule has 216 valence electrons. The SMILES string of the molecule is CCCNc1ccc(N(C)C(=O)c2cc(C(=O)N=O)ccc2C=O)cc1-c1nc2cc(-c3cc(F)cc(F)c3)ccc2o1. The summed E-state index contributed by atoms with van der Waals surface area (Å²) in [5, 5.41) is 5.70. The van der Waals surface area contributed by atoms with Crippen LogP contribution in [0.5, 0.6) is 0 Å². The molecule has 1 N–H and O–H groups in total. The number of oxazole rings is 1. The third kappa shape index (κ3) is 5.91. The van der Waals surface area contributed by atoms with Crippen LogP contribution in [0.4, 0.5) is 20.2 Å². The zero-order valence-electron chi connectivity index (χ0n) is 23.1. The molecule has 0 unspecified atom stereocenters. The lowest BCUT2D eigenvalue weighted by molar-refractivity contribution is 0.0986. The van der Waals surface area contributed by atoms with Gasteiger partial charge in [0.05, 0.1) is 11.1 Å². The second-order valence-corrected chi connectivity index (χ2v) is 9.70. The van der Waals surface area contributed by atoms with Crippen LogP contribution in [0.15, 0.2) is 82.4 Å². The second kappa shape index (κ2) is 12.1. The molecule has 1 aromatic heterocycles. The molecule has 0 radical (unpaired) electrons. The molecule has 0 saturated carbocycles. The number of aromatic nitrogens is 1. The number of amides is 2. The lowest BCUT2D eigenvalue weighted by atomic mass is 10.0. The van der Waals surface area contributed by atoms with Gasteiger partial charge in [-0.15, -0.1) is 4.91 Å². The smallest absolute Gasteiger partial charge is 0.316 e. The highest BCUT2D eigenvalue weighted by Gasteiger charge is 2.22. The van der Waals surface area contributed by atoms with Crippen LogP contribution < -0.4 is 10.2 Å². The molecule has 0 fully saturated rings. The average molecular weight is 583 g/mol. The zero-order valence-corrected chi connectivity index (χ0v) is 23.1. The van der Waals surface area contributed by atoms with E-state index in [1.165, 1.54) is 36.2 Å². The van der Waals surface area contributed by atoms with E-state index in [4.69, 9.17) is 4.42 Å². The van der Waals surface area contributed by atoms with Gasteiger partial charge < -0.3 is 14.6 Å². The molecule has 0 aliphatic carbocycles. The predicted molar refractivity (Wildman–Crippen MR) is 158 cm³/mol. The van der Waals surface area contributed by atoms with E-state index in [1.54, 1.807) is 36.4 Å². The van der Waals surface area contributed by atoms with Crippen LogP contribution in [-0.2, 0) is 0 Å². The lowest BCUT2D eigenvalue weighted by Crippen LogP contribution is -2.27. The number of anilines is 2. The topological polar surface area (TPSA) is 122 Å². The number of nitrogens with one attached hydrogen (secondary N) is 1. The number of hydrogen-bond donors (Lipinski definition) is 1. The average Bonchev–Trinajstić information content (AvgIpc) is 3.45. The monoisotopic (exact) mass is 582 g/mol. The Kier molecular flexibility index (Phi) is 8.15. The second-order valence-electron chi connectivity index (χ2n) is 9.70. The molecule has 5 aromatic rings. The van der Waals surface area contributed by atoms with E-state index in [0.29, 0.717) is 52.0 Å². The molecule has 0 saturated heterocycles. The Labute approximate surface area is 244 Å². The van der Waals surface area contributed by atoms with Gasteiger partial charge in [0.2, 0.25) is 5.89 Å². The summed E-state index contributed by atoms with van der Waals surface area (Å²) in [4.78, 5) is 53.6. The molecule has 4 aromatic carbocycles. The van der Waals surface area contributed by atoms with Crippen molar-refractivity contribution in [1.82, 2.24) is 4.98 Å². The molecule has 0 bridgehead atoms. The van der Waals surface area contributed by atoms with Crippen molar-refractivity contribution >= 4 is 40.6 Å². The molecule has 43 heavy (non-hydrogen) atoms. The molecule has 0 aliphatic heterocycles. The number of nitrogens with zero attached hydrogens (tertiary/aromatic N) is 3. The molecule has 0 spiro atoms. The fourth-order valence-corrected chi connectivity index (χ4v) is 4.60. The van der Waals surface area contributed by atoms with E-state index in [-0.39, 0.29) is 22.6 Å². The molecule has 9 nitrogen and oxygen atoms in total. The molecule has 0 aliphatic rings. The van der Waals surface area contributed by atoms with Gasteiger partial charge in [0.25, 0.3) is 5.91 Å². The molecule has 1 heterocycles. The highest BCUT2D eigenvalue weighted by molar-refractivity contribution is 6.11. The van der Waals surface area contributed by atoms with Crippen molar-refractivity contribution in [3.8, 4) is 22.6 Å². The lowest BCUT2D eigenvalue weighted by Gasteiger charge is -2.20. The van der Waals surface area contributed by atoms with Gasteiger partial charge in [0.15, 0.2) is 11.9 Å². The summed E-state index contributed by atoms with van der Waals surface area (Å²) >= 11 is 0. The first-order valence-electron chi connectivity index (χ1n) is 13.2. The van der Waals surface area contributed by atoms with Gasteiger partial charge in [0, 0.05) is 47.3 Å². The van der Waals surface area contributed by atoms with E-state index < -0.39 is 23.4 Å². The van der Waals surface area contributed by atoms with Crippen molar-refractivity contribution in [3.63, 3.8) is 0 Å². The van der Waals surface area contributed by atoms with E-state index >= 15 is 0 Å². The van der Waals surface area contributed by atoms with Gasteiger partial charge >= 0.3 is 5.91 Å². The molecule has 11 heteroatoms. The normalized spacial score (nSPS) is 10.9. The first-order chi connectivity index (χ1) is 20.7. The summed E-state index contributed by atoms with van der Waals surface area (Å²) in [6.07, 6.45) is 1.32. The summed E-state index contributed by atoms with van der Waals surface area (Å²) in [5.41, 5.74) is 3.26. The number of carbonyl (C=O) groups excluding carboxylic acids is 3. The minimum absolute atomic E-state index is 0.0358.